The van der Waals surface area contributed by atoms with Gasteiger partial charge >= 0.3 is 0 Å². The smallest absolute Gasteiger partial charge is 0.239 e. The summed E-state index contributed by atoms with van der Waals surface area (Å²) in [6.07, 6.45) is 0.783. The summed E-state index contributed by atoms with van der Waals surface area (Å²) in [6.45, 7) is 5.80. The van der Waals surface area contributed by atoms with Crippen LogP contribution in [0.3, 0.4) is 0 Å². The molecule has 3 atom stereocenters. The van der Waals surface area contributed by atoms with Crippen LogP contribution in [-0.4, -0.2) is 58.1 Å². The number of hydrogen-bond acceptors (Lipinski definition) is 3. The van der Waals surface area contributed by atoms with Crippen molar-refractivity contribution in [3.8, 4) is 0 Å². The van der Waals surface area contributed by atoms with Gasteiger partial charge in [0.15, 0.2) is 0 Å². The van der Waals surface area contributed by atoms with Gasteiger partial charge in [0.25, 0.3) is 0 Å². The van der Waals surface area contributed by atoms with Crippen LogP contribution in [0.15, 0.2) is 60.0 Å². The van der Waals surface area contributed by atoms with Gasteiger partial charge in [-0.2, -0.15) is 0 Å². The van der Waals surface area contributed by atoms with Crippen molar-refractivity contribution in [2.45, 2.75) is 36.5 Å². The lowest BCUT2D eigenvalue weighted by atomic mass is 9.77. The molecule has 0 saturated carbocycles. The highest BCUT2D eigenvalue weighted by Crippen LogP contribution is 2.47. The normalized spacial score (nSPS) is 28.3. The number of halogens is 1. The lowest BCUT2D eigenvalue weighted by molar-refractivity contribution is -0.132. The summed E-state index contributed by atoms with van der Waals surface area (Å²) < 4.78 is 0.550. The molecule has 2 aliphatic rings. The molecule has 31 heavy (non-hydrogen) atoms. The number of benzene rings is 2. The van der Waals surface area contributed by atoms with Crippen molar-refractivity contribution in [2.24, 2.45) is 0 Å². The summed E-state index contributed by atoms with van der Waals surface area (Å²) in [6, 6.07) is 19.7. The summed E-state index contributed by atoms with van der Waals surface area (Å²) in [5, 5.41) is 2.19. The lowest BCUT2D eigenvalue weighted by Crippen LogP contribution is -2.48. The van der Waals surface area contributed by atoms with E-state index in [9.17, 15) is 4.79 Å². The van der Waals surface area contributed by atoms with E-state index >= 15 is 0 Å². The third kappa shape index (κ3) is 4.21. The first kappa shape index (κ1) is 22.9. The molecule has 2 heterocycles. The third-order valence-corrected chi connectivity index (χ3v) is 9.47. The van der Waals surface area contributed by atoms with Crippen molar-refractivity contribution in [2.75, 3.05) is 31.6 Å². The van der Waals surface area contributed by atoms with Crippen molar-refractivity contribution in [1.29, 1.82) is 0 Å². The number of likely N-dealkylation sites (N-methyl/N-ethyl adjacent to an activating group) is 1. The molecule has 4 rings (SSSR count). The molecule has 2 aliphatic heterocycles. The number of alkyl halides is 1. The standard InChI is InChI=1S/C26H31IN2OS/c1-19-10-12-22(13-11-19)26(17-27)18-29(15-23(26)28(3)4)24(30)25(2)14-21(16-31-25)20-8-6-5-7-9-20/h5-13,16,23H,14-15,17-18H2,1-4H3. The molecule has 0 aromatic heterocycles. The predicted molar refractivity (Wildman–Crippen MR) is 141 cm³/mol. The van der Waals surface area contributed by atoms with Crippen molar-refractivity contribution in [3.63, 3.8) is 0 Å². The minimum atomic E-state index is -0.434. The van der Waals surface area contributed by atoms with E-state index in [-0.39, 0.29) is 11.3 Å². The number of carbonyl (C=O) groups is 1. The summed E-state index contributed by atoms with van der Waals surface area (Å²) >= 11 is 4.21. The van der Waals surface area contributed by atoms with Crippen LogP contribution >= 0.6 is 34.4 Å². The molecule has 0 N–H and O–H groups in total. The zero-order valence-electron chi connectivity index (χ0n) is 18.8. The minimum Gasteiger partial charge on any atom is -0.339 e. The van der Waals surface area contributed by atoms with Crippen molar-refractivity contribution >= 4 is 45.8 Å². The maximum absolute atomic E-state index is 13.9. The van der Waals surface area contributed by atoms with Gasteiger partial charge in [-0.25, -0.2) is 0 Å². The number of allylic oxidation sites excluding steroid dienone is 1. The van der Waals surface area contributed by atoms with Crippen LogP contribution in [0.1, 0.15) is 30.0 Å². The average Bonchev–Trinajstić information content (AvgIpc) is 3.37. The number of amides is 1. The van der Waals surface area contributed by atoms with E-state index in [1.54, 1.807) is 11.8 Å². The Morgan fingerprint density at radius 2 is 1.84 bits per heavy atom. The molecule has 0 bridgehead atoms. The second-order valence-electron chi connectivity index (χ2n) is 9.36. The van der Waals surface area contributed by atoms with E-state index in [1.807, 2.05) is 6.07 Å². The molecule has 5 heteroatoms. The van der Waals surface area contributed by atoms with Gasteiger partial charge in [0, 0.05) is 29.0 Å². The molecule has 1 fully saturated rings. The quantitative estimate of drug-likeness (QED) is 0.372. The molecular formula is C26H31IN2OS. The van der Waals surface area contributed by atoms with Crippen LogP contribution in [0, 0.1) is 6.92 Å². The largest absolute Gasteiger partial charge is 0.339 e. The first-order valence-corrected chi connectivity index (χ1v) is 13.2. The SMILES string of the molecule is Cc1ccc(C2(CI)CN(C(=O)C3(C)CC(c4ccccc4)=CS3)CC2N(C)C)cc1. The van der Waals surface area contributed by atoms with E-state index in [0.29, 0.717) is 6.04 Å². The number of carbonyl (C=O) groups excluding carboxylic acids is 1. The van der Waals surface area contributed by atoms with Gasteiger partial charge in [-0.15, -0.1) is 11.8 Å². The maximum Gasteiger partial charge on any atom is 0.239 e. The molecule has 1 saturated heterocycles. The monoisotopic (exact) mass is 546 g/mol. The molecule has 1 amide bonds. The van der Waals surface area contributed by atoms with Crippen LogP contribution in [0.4, 0.5) is 0 Å². The van der Waals surface area contributed by atoms with Gasteiger partial charge in [0.05, 0.1) is 4.75 Å². The Balaban J connectivity index is 1.59. The fourth-order valence-corrected chi connectivity index (χ4v) is 7.30. The number of thioether (sulfide) groups is 1. The number of aryl methyl sites for hydroxylation is 1. The maximum atomic E-state index is 13.9. The zero-order chi connectivity index (χ0) is 22.2. The highest BCUT2D eigenvalue weighted by molar-refractivity contribution is 14.1. The third-order valence-electron chi connectivity index (χ3n) is 6.87. The Labute approximate surface area is 204 Å². The highest BCUT2D eigenvalue weighted by atomic mass is 127. The number of likely N-dealkylation sites (tertiary alicyclic amines) is 1. The Bertz CT molecular complexity index is 975. The molecule has 3 unspecified atom stereocenters. The van der Waals surface area contributed by atoms with Gasteiger partial charge in [-0.05, 0) is 56.5 Å². The van der Waals surface area contributed by atoms with Crippen LogP contribution < -0.4 is 0 Å². The van der Waals surface area contributed by atoms with Crippen LogP contribution in [0.2, 0.25) is 0 Å². The Morgan fingerprint density at radius 3 is 2.45 bits per heavy atom. The van der Waals surface area contributed by atoms with Gasteiger partial charge < -0.3 is 9.80 Å². The molecular weight excluding hydrogens is 515 g/mol. The molecule has 0 spiro atoms. The topological polar surface area (TPSA) is 23.6 Å². The average molecular weight is 547 g/mol. The number of rotatable bonds is 5. The Morgan fingerprint density at radius 1 is 1.16 bits per heavy atom. The summed E-state index contributed by atoms with van der Waals surface area (Å²) in [7, 11) is 4.30. The fourth-order valence-electron chi connectivity index (χ4n) is 5.01. The van der Waals surface area contributed by atoms with Crippen molar-refractivity contribution in [3.05, 3.63) is 76.7 Å². The summed E-state index contributed by atoms with van der Waals surface area (Å²) in [5.41, 5.74) is 5.05. The van der Waals surface area contributed by atoms with Crippen LogP contribution in [0.5, 0.6) is 0 Å². The number of nitrogens with zero attached hydrogens (tertiary/aromatic N) is 2. The van der Waals surface area contributed by atoms with E-state index in [0.717, 1.165) is 23.9 Å². The van der Waals surface area contributed by atoms with E-state index in [2.05, 4.69) is 114 Å². The number of hydrogen-bond donors (Lipinski definition) is 0. The van der Waals surface area contributed by atoms with Crippen molar-refractivity contribution in [1.82, 2.24) is 9.80 Å². The Hall–Kier alpha value is -1.31. The molecule has 0 radical (unpaired) electrons. The molecule has 2 aromatic rings. The lowest BCUT2D eigenvalue weighted by Gasteiger charge is -2.37. The summed E-state index contributed by atoms with van der Waals surface area (Å²) in [4.78, 5) is 18.3. The summed E-state index contributed by atoms with van der Waals surface area (Å²) in [5.74, 6) is 0.269. The molecule has 164 valence electrons. The van der Waals surface area contributed by atoms with E-state index < -0.39 is 4.75 Å². The second kappa shape index (κ2) is 8.91. The fraction of sp³-hybridized carbons (Fsp3) is 0.423. The highest BCUT2D eigenvalue weighted by Gasteiger charge is 2.52. The second-order valence-corrected chi connectivity index (χ2v) is 11.5. The first-order chi connectivity index (χ1) is 14.8. The van der Waals surface area contributed by atoms with Gasteiger partial charge in [0.2, 0.25) is 5.91 Å². The van der Waals surface area contributed by atoms with Crippen molar-refractivity contribution < 1.29 is 4.79 Å². The van der Waals surface area contributed by atoms with E-state index in [1.165, 1.54) is 22.3 Å². The van der Waals surface area contributed by atoms with Crippen LogP contribution in [0.25, 0.3) is 5.57 Å². The molecule has 0 aliphatic carbocycles. The van der Waals surface area contributed by atoms with Crippen LogP contribution in [-0.2, 0) is 10.2 Å². The van der Waals surface area contributed by atoms with Gasteiger partial charge in [-0.1, -0.05) is 82.8 Å². The van der Waals surface area contributed by atoms with Gasteiger partial charge in [0.1, 0.15) is 0 Å². The Kier molecular flexibility index (Phi) is 6.57. The van der Waals surface area contributed by atoms with E-state index in [4.69, 9.17) is 0 Å². The zero-order valence-corrected chi connectivity index (χ0v) is 21.7. The molecule has 3 nitrogen and oxygen atoms in total. The first-order valence-electron chi connectivity index (χ1n) is 10.8. The predicted octanol–water partition coefficient (Wildman–Crippen LogP) is 5.38. The minimum absolute atomic E-state index is 0.0528. The van der Waals surface area contributed by atoms with Gasteiger partial charge in [-0.3, -0.25) is 4.79 Å². The molecule has 2 aromatic carbocycles.